The van der Waals surface area contributed by atoms with Gasteiger partial charge in [0, 0.05) is 25.0 Å². The zero-order valence-corrected chi connectivity index (χ0v) is 17.4. The Kier molecular flexibility index (Phi) is 5.89. The minimum atomic E-state index is -0.313. The van der Waals surface area contributed by atoms with E-state index in [0.717, 1.165) is 22.3 Å². The molecule has 2 aromatic carbocycles. The molecule has 1 amide bonds. The highest BCUT2D eigenvalue weighted by atomic mass is 19.1. The molecule has 31 heavy (non-hydrogen) atoms. The minimum Gasteiger partial charge on any atom is -0.310 e. The maximum atomic E-state index is 13.5. The summed E-state index contributed by atoms with van der Waals surface area (Å²) < 4.78 is 15.1. The summed E-state index contributed by atoms with van der Waals surface area (Å²) in [5, 5.41) is 7.75. The van der Waals surface area contributed by atoms with Crippen LogP contribution in [0.15, 0.2) is 79.1 Å². The number of amides is 1. The highest BCUT2D eigenvalue weighted by Gasteiger charge is 2.24. The molecule has 0 radical (unpaired) electrons. The first-order chi connectivity index (χ1) is 15.1. The first-order valence-electron chi connectivity index (χ1n) is 10.2. The van der Waals surface area contributed by atoms with Crippen molar-refractivity contribution in [2.45, 2.75) is 19.3 Å². The topological polar surface area (TPSA) is 59.8 Å². The first-order valence-corrected chi connectivity index (χ1v) is 10.2. The summed E-state index contributed by atoms with van der Waals surface area (Å²) in [4.78, 5) is 17.4. The number of halogens is 1. The molecule has 0 aliphatic carbocycles. The van der Waals surface area contributed by atoms with E-state index in [1.165, 1.54) is 12.1 Å². The fourth-order valence-electron chi connectivity index (χ4n) is 3.73. The maximum Gasteiger partial charge on any atom is 0.233 e. The number of aromatic nitrogens is 3. The van der Waals surface area contributed by atoms with E-state index in [2.05, 4.69) is 15.4 Å². The highest BCUT2D eigenvalue weighted by Crippen LogP contribution is 2.38. The summed E-state index contributed by atoms with van der Waals surface area (Å²) >= 11 is 0. The molecule has 0 spiro atoms. The second-order valence-electron chi connectivity index (χ2n) is 7.30. The monoisotopic (exact) mass is 414 g/mol. The van der Waals surface area contributed by atoms with Gasteiger partial charge in [-0.1, -0.05) is 37.3 Å². The fraction of sp³-hybridized carbons (Fsp3) is 0.160. The molecule has 0 aliphatic rings. The first kappa shape index (κ1) is 20.5. The molecule has 6 heteroatoms. The number of pyridine rings is 1. The van der Waals surface area contributed by atoms with Gasteiger partial charge in [-0.15, -0.1) is 0 Å². The highest BCUT2D eigenvalue weighted by molar-refractivity contribution is 6.01. The molecule has 1 N–H and O–H groups in total. The number of carbonyl (C=O) groups is 1. The molecule has 2 aromatic heterocycles. The molecule has 4 aromatic rings. The molecule has 0 fully saturated rings. The second kappa shape index (κ2) is 8.92. The van der Waals surface area contributed by atoms with Crippen LogP contribution in [0.2, 0.25) is 0 Å². The molecule has 0 bridgehead atoms. The lowest BCUT2D eigenvalue weighted by Gasteiger charge is -2.16. The molecule has 2 heterocycles. The molecule has 1 atom stereocenters. The van der Waals surface area contributed by atoms with E-state index in [1.54, 1.807) is 36.3 Å². The smallest absolute Gasteiger partial charge is 0.233 e. The van der Waals surface area contributed by atoms with Crippen molar-refractivity contribution in [3.05, 3.63) is 90.5 Å². The Bertz CT molecular complexity index is 1170. The van der Waals surface area contributed by atoms with E-state index in [1.807, 2.05) is 49.4 Å². The van der Waals surface area contributed by atoms with Gasteiger partial charge in [0.25, 0.3) is 0 Å². The number of carbonyl (C=O) groups excluding carboxylic acids is 1. The number of benzene rings is 2. The van der Waals surface area contributed by atoms with Crippen molar-refractivity contribution < 1.29 is 9.18 Å². The van der Waals surface area contributed by atoms with E-state index in [0.29, 0.717) is 17.9 Å². The van der Waals surface area contributed by atoms with Crippen molar-refractivity contribution in [1.82, 2.24) is 14.8 Å². The van der Waals surface area contributed by atoms with Gasteiger partial charge in [-0.25, -0.2) is 4.39 Å². The van der Waals surface area contributed by atoms with Crippen molar-refractivity contribution >= 4 is 11.7 Å². The summed E-state index contributed by atoms with van der Waals surface area (Å²) in [5.74, 6) is -0.106. The Morgan fingerprint density at radius 3 is 2.32 bits per heavy atom. The van der Waals surface area contributed by atoms with Crippen LogP contribution in [0.5, 0.6) is 0 Å². The van der Waals surface area contributed by atoms with Crippen LogP contribution in [0, 0.1) is 5.82 Å². The van der Waals surface area contributed by atoms with Crippen molar-refractivity contribution in [3.63, 3.8) is 0 Å². The van der Waals surface area contributed by atoms with Crippen LogP contribution < -0.4 is 5.32 Å². The van der Waals surface area contributed by atoms with Crippen LogP contribution in [0.3, 0.4) is 0 Å². The lowest BCUT2D eigenvalue weighted by atomic mass is 9.95. The predicted octanol–water partition coefficient (Wildman–Crippen LogP) is 5.42. The molecule has 5 nitrogen and oxygen atoms in total. The van der Waals surface area contributed by atoms with Gasteiger partial charge < -0.3 is 5.32 Å². The molecule has 0 saturated heterocycles. The quantitative estimate of drug-likeness (QED) is 0.458. The third-order valence-corrected chi connectivity index (χ3v) is 5.30. The number of nitrogens with zero attached hydrogens (tertiary/aromatic N) is 3. The third kappa shape index (κ3) is 4.23. The van der Waals surface area contributed by atoms with Crippen molar-refractivity contribution in [2.24, 2.45) is 7.05 Å². The van der Waals surface area contributed by atoms with E-state index in [4.69, 9.17) is 0 Å². The maximum absolute atomic E-state index is 13.5. The van der Waals surface area contributed by atoms with Crippen LogP contribution in [0.25, 0.3) is 22.4 Å². The van der Waals surface area contributed by atoms with E-state index in [-0.39, 0.29) is 17.6 Å². The second-order valence-corrected chi connectivity index (χ2v) is 7.30. The summed E-state index contributed by atoms with van der Waals surface area (Å²) in [5.41, 5.74) is 4.03. The number of hydrogen-bond acceptors (Lipinski definition) is 3. The summed E-state index contributed by atoms with van der Waals surface area (Å²) in [6, 6.07) is 19.7. The van der Waals surface area contributed by atoms with Gasteiger partial charge in [-0.3, -0.25) is 14.5 Å². The molecule has 156 valence electrons. The minimum absolute atomic E-state index is 0.0994. The third-order valence-electron chi connectivity index (χ3n) is 5.30. The van der Waals surface area contributed by atoms with E-state index in [9.17, 15) is 9.18 Å². The van der Waals surface area contributed by atoms with Gasteiger partial charge in [0.2, 0.25) is 5.91 Å². The zero-order valence-electron chi connectivity index (χ0n) is 17.4. The molecule has 4 rings (SSSR count). The Balaban J connectivity index is 1.79. The Morgan fingerprint density at radius 2 is 1.68 bits per heavy atom. The number of hydrogen-bond donors (Lipinski definition) is 1. The summed E-state index contributed by atoms with van der Waals surface area (Å²) in [6.45, 7) is 1.99. The van der Waals surface area contributed by atoms with Gasteiger partial charge in [0.05, 0.1) is 11.5 Å². The fourth-order valence-corrected chi connectivity index (χ4v) is 3.73. The van der Waals surface area contributed by atoms with Gasteiger partial charge >= 0.3 is 0 Å². The molecular formula is C25H23FN4O. The largest absolute Gasteiger partial charge is 0.310 e. The molecule has 0 aliphatic heterocycles. The number of nitrogens with one attached hydrogen (secondary N) is 1. The number of rotatable bonds is 6. The Labute approximate surface area is 180 Å². The summed E-state index contributed by atoms with van der Waals surface area (Å²) in [7, 11) is 1.79. The average Bonchev–Trinajstić information content (AvgIpc) is 3.12. The normalized spacial score (nSPS) is 11.8. The standard InChI is InChI=1S/C25H23FN4O/c1-3-21(17-7-5-4-6-8-17)25(31)28-24-22(18-13-15-27-16-14-18)23(29-30(24)2)19-9-11-20(26)12-10-19/h4-16,21H,3H2,1-2H3,(H,28,31). The van der Waals surface area contributed by atoms with Crippen molar-refractivity contribution in [2.75, 3.05) is 5.32 Å². The van der Waals surface area contributed by atoms with Crippen LogP contribution in [0.1, 0.15) is 24.8 Å². The number of anilines is 1. The summed E-state index contributed by atoms with van der Waals surface area (Å²) in [6.07, 6.45) is 4.06. The predicted molar refractivity (Wildman–Crippen MR) is 120 cm³/mol. The molecule has 0 saturated carbocycles. The van der Waals surface area contributed by atoms with Crippen molar-refractivity contribution in [1.29, 1.82) is 0 Å². The van der Waals surface area contributed by atoms with E-state index >= 15 is 0 Å². The zero-order chi connectivity index (χ0) is 21.8. The SMILES string of the molecule is CCC(C(=O)Nc1c(-c2ccncc2)c(-c2ccc(F)cc2)nn1C)c1ccccc1. The van der Waals surface area contributed by atoms with E-state index < -0.39 is 0 Å². The van der Waals surface area contributed by atoms with Crippen LogP contribution in [0.4, 0.5) is 10.2 Å². The average molecular weight is 414 g/mol. The van der Waals surface area contributed by atoms with Gasteiger partial charge in [0.15, 0.2) is 0 Å². The number of aryl methyl sites for hydroxylation is 1. The van der Waals surface area contributed by atoms with Crippen LogP contribution in [-0.2, 0) is 11.8 Å². The molecular weight excluding hydrogens is 391 g/mol. The lowest BCUT2D eigenvalue weighted by molar-refractivity contribution is -0.117. The molecule has 1 unspecified atom stereocenters. The van der Waals surface area contributed by atoms with Crippen LogP contribution in [-0.4, -0.2) is 20.7 Å². The van der Waals surface area contributed by atoms with Gasteiger partial charge in [0.1, 0.15) is 17.3 Å². The Morgan fingerprint density at radius 1 is 1.00 bits per heavy atom. The lowest BCUT2D eigenvalue weighted by Crippen LogP contribution is -2.22. The van der Waals surface area contributed by atoms with Gasteiger partial charge in [-0.05, 0) is 53.9 Å². The van der Waals surface area contributed by atoms with Gasteiger partial charge in [-0.2, -0.15) is 5.10 Å². The van der Waals surface area contributed by atoms with Crippen molar-refractivity contribution in [3.8, 4) is 22.4 Å². The van der Waals surface area contributed by atoms with Crippen LogP contribution >= 0.6 is 0 Å². The Hall–Kier alpha value is -3.80.